The van der Waals surface area contributed by atoms with Crippen molar-refractivity contribution in [1.82, 2.24) is 9.44 Å². The van der Waals surface area contributed by atoms with E-state index >= 15 is 0 Å². The van der Waals surface area contributed by atoms with Gasteiger partial charge in [-0.25, -0.2) is 0 Å². The Labute approximate surface area is 85.5 Å². The van der Waals surface area contributed by atoms with Gasteiger partial charge in [0.1, 0.15) is 5.78 Å². The lowest BCUT2D eigenvalue weighted by atomic mass is 10.1. The summed E-state index contributed by atoms with van der Waals surface area (Å²) < 4.78 is 26.9. The van der Waals surface area contributed by atoms with Crippen molar-refractivity contribution in [3.63, 3.8) is 0 Å². The van der Waals surface area contributed by atoms with Crippen LogP contribution in [0.4, 0.5) is 0 Å². The van der Waals surface area contributed by atoms with Crippen LogP contribution >= 0.6 is 0 Å². The summed E-state index contributed by atoms with van der Waals surface area (Å²) in [5, 5.41) is 0. The maximum absolute atomic E-state index is 11.2. The lowest BCUT2D eigenvalue weighted by Gasteiger charge is -2.10. The summed E-state index contributed by atoms with van der Waals surface area (Å²) in [5.41, 5.74) is 0. The van der Waals surface area contributed by atoms with E-state index in [-0.39, 0.29) is 24.3 Å². The third kappa shape index (κ3) is 6.06. The molecule has 0 saturated heterocycles. The van der Waals surface area contributed by atoms with Gasteiger partial charge in [0.15, 0.2) is 0 Å². The Morgan fingerprint density at radius 3 is 2.07 bits per heavy atom. The molecule has 14 heavy (non-hydrogen) atoms. The molecule has 0 fully saturated rings. The molecule has 0 saturated carbocycles. The molecule has 0 aliphatic carbocycles. The van der Waals surface area contributed by atoms with Gasteiger partial charge in [0.05, 0.1) is 6.54 Å². The SMILES string of the molecule is CC(C)NS(=O)(=O)NCC(=O)C(C)C. The van der Waals surface area contributed by atoms with Crippen molar-refractivity contribution in [1.29, 1.82) is 0 Å². The van der Waals surface area contributed by atoms with E-state index in [0.717, 1.165) is 0 Å². The molecule has 5 nitrogen and oxygen atoms in total. The maximum atomic E-state index is 11.2. The van der Waals surface area contributed by atoms with E-state index in [9.17, 15) is 13.2 Å². The Balaban J connectivity index is 4.07. The van der Waals surface area contributed by atoms with Gasteiger partial charge in [0.2, 0.25) is 0 Å². The topological polar surface area (TPSA) is 75.3 Å². The predicted octanol–water partition coefficient (Wildman–Crippen LogP) is 0.0439. The minimum atomic E-state index is -3.53. The molecule has 0 spiro atoms. The summed E-state index contributed by atoms with van der Waals surface area (Å²) in [6.07, 6.45) is 0. The minimum Gasteiger partial charge on any atom is -0.298 e. The van der Waals surface area contributed by atoms with Gasteiger partial charge in [0, 0.05) is 12.0 Å². The second kappa shape index (κ2) is 5.43. The average Bonchev–Trinajstić information content (AvgIpc) is 1.97. The van der Waals surface area contributed by atoms with Crippen molar-refractivity contribution in [2.45, 2.75) is 33.7 Å². The Morgan fingerprint density at radius 1 is 1.21 bits per heavy atom. The van der Waals surface area contributed by atoms with Gasteiger partial charge in [-0.2, -0.15) is 17.9 Å². The van der Waals surface area contributed by atoms with Crippen LogP contribution in [0.5, 0.6) is 0 Å². The number of nitrogens with one attached hydrogen (secondary N) is 2. The molecule has 0 rings (SSSR count). The van der Waals surface area contributed by atoms with Gasteiger partial charge in [-0.15, -0.1) is 0 Å². The highest BCUT2D eigenvalue weighted by atomic mass is 32.2. The highest BCUT2D eigenvalue weighted by molar-refractivity contribution is 7.87. The summed E-state index contributed by atoms with van der Waals surface area (Å²) in [6, 6.07) is -0.179. The molecule has 0 atom stereocenters. The third-order valence-corrected chi connectivity index (χ3v) is 2.78. The molecular weight excluding hydrogens is 204 g/mol. The highest BCUT2D eigenvalue weighted by Crippen LogP contribution is 1.93. The van der Waals surface area contributed by atoms with Crippen molar-refractivity contribution < 1.29 is 13.2 Å². The number of carbonyl (C=O) groups is 1. The van der Waals surface area contributed by atoms with Crippen LogP contribution in [0.2, 0.25) is 0 Å². The van der Waals surface area contributed by atoms with Gasteiger partial charge in [-0.3, -0.25) is 4.79 Å². The van der Waals surface area contributed by atoms with Gasteiger partial charge in [0.25, 0.3) is 10.2 Å². The molecule has 2 N–H and O–H groups in total. The summed E-state index contributed by atoms with van der Waals surface area (Å²) in [5.74, 6) is -0.282. The Kier molecular flexibility index (Phi) is 5.25. The van der Waals surface area contributed by atoms with Crippen LogP contribution in [0.25, 0.3) is 0 Å². The van der Waals surface area contributed by atoms with Gasteiger partial charge in [-0.1, -0.05) is 13.8 Å². The Morgan fingerprint density at radius 2 is 1.71 bits per heavy atom. The summed E-state index contributed by atoms with van der Waals surface area (Å²) in [6.45, 7) is 6.73. The Bertz CT molecular complexity index is 283. The summed E-state index contributed by atoms with van der Waals surface area (Å²) in [7, 11) is -3.53. The van der Waals surface area contributed by atoms with Crippen molar-refractivity contribution >= 4 is 16.0 Å². The van der Waals surface area contributed by atoms with Crippen molar-refractivity contribution in [2.75, 3.05) is 6.54 Å². The molecule has 84 valence electrons. The molecule has 0 bridgehead atoms. The largest absolute Gasteiger partial charge is 0.298 e. The summed E-state index contributed by atoms with van der Waals surface area (Å²) >= 11 is 0. The molecular formula is C8H18N2O3S. The van der Waals surface area contributed by atoms with E-state index in [0.29, 0.717) is 0 Å². The standard InChI is InChI=1S/C8H18N2O3S/c1-6(2)8(11)5-9-14(12,13)10-7(3)4/h6-7,9-10H,5H2,1-4H3. The zero-order valence-corrected chi connectivity index (χ0v) is 9.81. The maximum Gasteiger partial charge on any atom is 0.277 e. The van der Waals surface area contributed by atoms with Crippen LogP contribution in [0, 0.1) is 5.92 Å². The number of rotatable bonds is 6. The fourth-order valence-electron chi connectivity index (χ4n) is 0.722. The minimum absolute atomic E-state index is 0.126. The zero-order valence-electron chi connectivity index (χ0n) is 8.99. The first-order valence-electron chi connectivity index (χ1n) is 4.54. The van der Waals surface area contributed by atoms with E-state index in [1.54, 1.807) is 27.7 Å². The first-order chi connectivity index (χ1) is 6.24. The van der Waals surface area contributed by atoms with E-state index in [4.69, 9.17) is 0 Å². The Hall–Kier alpha value is -0.460. The number of ketones is 1. The molecule has 0 aromatic rings. The molecule has 0 amide bonds. The quantitative estimate of drug-likeness (QED) is 0.666. The first-order valence-corrected chi connectivity index (χ1v) is 6.02. The number of hydrogen-bond donors (Lipinski definition) is 2. The molecule has 0 aliphatic heterocycles. The normalized spacial score (nSPS) is 12.4. The monoisotopic (exact) mass is 222 g/mol. The molecule has 0 unspecified atom stereocenters. The molecule has 0 heterocycles. The third-order valence-electron chi connectivity index (χ3n) is 1.47. The second-order valence-electron chi connectivity index (χ2n) is 3.72. The van der Waals surface area contributed by atoms with Crippen molar-refractivity contribution in [2.24, 2.45) is 5.92 Å². The lowest BCUT2D eigenvalue weighted by molar-refractivity contribution is -0.120. The number of carbonyl (C=O) groups excluding carboxylic acids is 1. The van der Waals surface area contributed by atoms with Crippen LogP contribution < -0.4 is 9.44 Å². The number of hydrogen-bond acceptors (Lipinski definition) is 3. The fraction of sp³-hybridized carbons (Fsp3) is 0.875. The van der Waals surface area contributed by atoms with Crippen molar-refractivity contribution in [3.05, 3.63) is 0 Å². The van der Waals surface area contributed by atoms with Crippen LogP contribution in [0.1, 0.15) is 27.7 Å². The zero-order chi connectivity index (χ0) is 11.4. The van der Waals surface area contributed by atoms with Crippen LogP contribution in [-0.2, 0) is 15.0 Å². The van der Waals surface area contributed by atoms with Crippen LogP contribution in [0.15, 0.2) is 0 Å². The van der Waals surface area contributed by atoms with E-state index < -0.39 is 10.2 Å². The molecule has 0 aromatic heterocycles. The predicted molar refractivity (Wildman–Crippen MR) is 55.0 cm³/mol. The molecule has 0 radical (unpaired) electrons. The first kappa shape index (κ1) is 13.5. The smallest absolute Gasteiger partial charge is 0.277 e. The highest BCUT2D eigenvalue weighted by Gasteiger charge is 2.14. The molecule has 0 aliphatic rings. The van der Waals surface area contributed by atoms with Crippen LogP contribution in [-0.4, -0.2) is 26.8 Å². The van der Waals surface area contributed by atoms with Gasteiger partial charge < -0.3 is 0 Å². The molecule has 6 heteroatoms. The average molecular weight is 222 g/mol. The fourth-order valence-corrected chi connectivity index (χ4v) is 1.76. The van der Waals surface area contributed by atoms with Crippen molar-refractivity contribution in [3.8, 4) is 0 Å². The molecule has 0 aromatic carbocycles. The van der Waals surface area contributed by atoms with Gasteiger partial charge >= 0.3 is 0 Å². The van der Waals surface area contributed by atoms with Gasteiger partial charge in [-0.05, 0) is 13.8 Å². The van der Waals surface area contributed by atoms with E-state index in [1.165, 1.54) is 0 Å². The summed E-state index contributed by atoms with van der Waals surface area (Å²) in [4.78, 5) is 11.1. The lowest BCUT2D eigenvalue weighted by Crippen LogP contribution is -2.42. The van der Waals surface area contributed by atoms with Crippen LogP contribution in [0.3, 0.4) is 0 Å². The number of Topliss-reactive ketones (excluding diaryl/α,β-unsaturated/α-hetero) is 1. The van der Waals surface area contributed by atoms with E-state index in [1.807, 2.05) is 0 Å². The second-order valence-corrected chi connectivity index (χ2v) is 5.25. The van der Waals surface area contributed by atoms with E-state index in [2.05, 4.69) is 9.44 Å².